The van der Waals surface area contributed by atoms with Gasteiger partial charge in [-0.1, -0.05) is 37.6 Å². The first-order valence-electron chi connectivity index (χ1n) is 6.43. The number of carbonyl (C=O) groups excluding carboxylic acids is 2. The van der Waals surface area contributed by atoms with Gasteiger partial charge in [-0.3, -0.25) is 9.59 Å². The normalized spacial score (nSPS) is 17.8. The lowest BCUT2D eigenvalue weighted by Crippen LogP contribution is -2.23. The fourth-order valence-corrected chi connectivity index (χ4v) is 2.43. The minimum atomic E-state index is -0.317. The van der Waals surface area contributed by atoms with Crippen molar-refractivity contribution >= 4 is 11.8 Å². The third kappa shape index (κ3) is 4.05. The monoisotopic (exact) mass is 258 g/mol. The Morgan fingerprint density at radius 2 is 1.89 bits per heavy atom. The van der Waals surface area contributed by atoms with E-state index in [0.717, 1.165) is 12.0 Å². The van der Waals surface area contributed by atoms with Crippen LogP contribution in [0.25, 0.3) is 0 Å². The molecule has 0 atom stereocenters. The van der Waals surface area contributed by atoms with Gasteiger partial charge in [-0.25, -0.2) is 0 Å². The first kappa shape index (κ1) is 13.5. The topological polar surface area (TPSA) is 43.4 Å². The quantitative estimate of drug-likeness (QED) is 0.617. The minimum absolute atomic E-state index is 0.0613. The molecule has 0 amide bonds. The molecule has 19 heavy (non-hydrogen) atoms. The molecule has 3 heteroatoms. The van der Waals surface area contributed by atoms with E-state index in [1.807, 2.05) is 32.0 Å². The van der Waals surface area contributed by atoms with E-state index >= 15 is 0 Å². The van der Waals surface area contributed by atoms with Gasteiger partial charge in [0.25, 0.3) is 0 Å². The number of rotatable bonds is 3. The molecule has 0 spiro atoms. The molecule has 100 valence electrons. The van der Waals surface area contributed by atoms with Crippen molar-refractivity contribution in [1.82, 2.24) is 0 Å². The van der Waals surface area contributed by atoms with Crippen LogP contribution in [0.5, 0.6) is 5.75 Å². The predicted octanol–water partition coefficient (Wildman–Crippen LogP) is 3.30. The molecule has 1 aliphatic carbocycles. The van der Waals surface area contributed by atoms with Crippen molar-refractivity contribution in [2.45, 2.75) is 33.1 Å². The van der Waals surface area contributed by atoms with E-state index in [1.54, 1.807) is 18.2 Å². The van der Waals surface area contributed by atoms with Crippen LogP contribution in [0.4, 0.5) is 0 Å². The summed E-state index contributed by atoms with van der Waals surface area (Å²) in [6, 6.07) is 8.97. The average Bonchev–Trinajstić information content (AvgIpc) is 2.26. The number of carbonyl (C=O) groups is 2. The molecule has 0 unspecified atom stereocenters. The lowest BCUT2D eigenvalue weighted by Gasteiger charge is -2.28. The van der Waals surface area contributed by atoms with E-state index in [9.17, 15) is 9.59 Å². The van der Waals surface area contributed by atoms with E-state index in [0.29, 0.717) is 12.2 Å². The van der Waals surface area contributed by atoms with Crippen molar-refractivity contribution in [3.05, 3.63) is 42.0 Å². The molecule has 2 rings (SSSR count). The highest BCUT2D eigenvalue weighted by Gasteiger charge is 2.28. The van der Waals surface area contributed by atoms with Crippen LogP contribution in [0, 0.1) is 5.41 Å². The minimum Gasteiger partial charge on any atom is -0.426 e. The largest absolute Gasteiger partial charge is 0.426 e. The molecule has 0 heterocycles. The molecule has 1 aliphatic rings. The van der Waals surface area contributed by atoms with E-state index in [-0.39, 0.29) is 23.6 Å². The molecule has 0 aliphatic heterocycles. The molecular formula is C16H18O3. The van der Waals surface area contributed by atoms with Crippen LogP contribution in [0.1, 0.15) is 33.1 Å². The van der Waals surface area contributed by atoms with Gasteiger partial charge in [-0.15, -0.1) is 0 Å². The summed E-state index contributed by atoms with van der Waals surface area (Å²) in [4.78, 5) is 23.4. The Hall–Kier alpha value is -1.90. The fraction of sp³-hybridized carbons (Fsp3) is 0.375. The first-order valence-corrected chi connectivity index (χ1v) is 6.43. The standard InChI is InChI=1S/C16H18O3/c1-16(2)10-12(8-13(17)11-16)9-15(18)19-14-6-4-3-5-7-14/h3-8H,9-11H2,1-2H3. The number of hydrogen-bond donors (Lipinski definition) is 0. The molecule has 0 bridgehead atoms. The Kier molecular flexibility index (Phi) is 3.84. The van der Waals surface area contributed by atoms with Crippen molar-refractivity contribution < 1.29 is 14.3 Å². The zero-order valence-electron chi connectivity index (χ0n) is 11.3. The van der Waals surface area contributed by atoms with Gasteiger partial charge in [0.05, 0.1) is 6.42 Å². The van der Waals surface area contributed by atoms with Crippen LogP contribution < -0.4 is 4.74 Å². The van der Waals surface area contributed by atoms with Crippen LogP contribution in [0.3, 0.4) is 0 Å². The summed E-state index contributed by atoms with van der Waals surface area (Å²) in [7, 11) is 0. The summed E-state index contributed by atoms with van der Waals surface area (Å²) in [6.45, 7) is 4.08. The van der Waals surface area contributed by atoms with Gasteiger partial charge in [0.15, 0.2) is 5.78 Å². The third-order valence-corrected chi connectivity index (χ3v) is 3.07. The van der Waals surface area contributed by atoms with Gasteiger partial charge in [0.1, 0.15) is 5.75 Å². The van der Waals surface area contributed by atoms with E-state index < -0.39 is 0 Å². The molecule has 0 aromatic heterocycles. The zero-order chi connectivity index (χ0) is 13.9. The zero-order valence-corrected chi connectivity index (χ0v) is 11.3. The van der Waals surface area contributed by atoms with Gasteiger partial charge >= 0.3 is 5.97 Å². The summed E-state index contributed by atoms with van der Waals surface area (Å²) >= 11 is 0. The van der Waals surface area contributed by atoms with Crippen molar-refractivity contribution in [3.63, 3.8) is 0 Å². The number of ether oxygens (including phenoxy) is 1. The van der Waals surface area contributed by atoms with Crippen molar-refractivity contribution in [3.8, 4) is 5.75 Å². The number of ketones is 1. The molecule has 1 aromatic rings. The van der Waals surface area contributed by atoms with Gasteiger partial charge in [0, 0.05) is 6.42 Å². The van der Waals surface area contributed by atoms with Gasteiger partial charge in [0.2, 0.25) is 0 Å². The summed E-state index contributed by atoms with van der Waals surface area (Å²) in [6.07, 6.45) is 3.09. The molecule has 0 N–H and O–H groups in total. The van der Waals surface area contributed by atoms with Gasteiger partial charge in [-0.2, -0.15) is 0 Å². The van der Waals surface area contributed by atoms with Gasteiger partial charge in [-0.05, 0) is 30.0 Å². The smallest absolute Gasteiger partial charge is 0.315 e. The third-order valence-electron chi connectivity index (χ3n) is 3.07. The van der Waals surface area contributed by atoms with Crippen LogP contribution in [0.15, 0.2) is 42.0 Å². The highest BCUT2D eigenvalue weighted by Crippen LogP contribution is 2.34. The van der Waals surface area contributed by atoms with Gasteiger partial charge < -0.3 is 4.74 Å². The average molecular weight is 258 g/mol. The number of esters is 1. The maximum atomic E-state index is 11.8. The van der Waals surface area contributed by atoms with E-state index in [2.05, 4.69) is 0 Å². The van der Waals surface area contributed by atoms with E-state index in [1.165, 1.54) is 0 Å². The maximum absolute atomic E-state index is 11.8. The highest BCUT2D eigenvalue weighted by molar-refractivity contribution is 5.93. The second kappa shape index (κ2) is 5.39. The SMILES string of the molecule is CC1(C)CC(=O)C=C(CC(=O)Oc2ccccc2)C1. The number of benzene rings is 1. The molecule has 0 fully saturated rings. The summed E-state index contributed by atoms with van der Waals surface area (Å²) < 4.78 is 5.23. The summed E-state index contributed by atoms with van der Waals surface area (Å²) in [5.74, 6) is 0.316. The Morgan fingerprint density at radius 3 is 2.53 bits per heavy atom. The summed E-state index contributed by atoms with van der Waals surface area (Å²) in [5.41, 5.74) is 0.802. The van der Waals surface area contributed by atoms with Crippen molar-refractivity contribution in [2.75, 3.05) is 0 Å². The lowest BCUT2D eigenvalue weighted by atomic mass is 9.76. The van der Waals surface area contributed by atoms with Crippen LogP contribution in [-0.2, 0) is 9.59 Å². The molecule has 0 saturated carbocycles. The number of allylic oxidation sites excluding steroid dienone is 1. The molecule has 0 radical (unpaired) electrons. The molecular weight excluding hydrogens is 240 g/mol. The van der Waals surface area contributed by atoms with Crippen LogP contribution >= 0.6 is 0 Å². The number of hydrogen-bond acceptors (Lipinski definition) is 3. The second-order valence-electron chi connectivity index (χ2n) is 5.75. The van der Waals surface area contributed by atoms with E-state index in [4.69, 9.17) is 4.74 Å². The number of para-hydroxylation sites is 1. The molecule has 1 aromatic carbocycles. The maximum Gasteiger partial charge on any atom is 0.315 e. The van der Waals surface area contributed by atoms with Crippen LogP contribution in [-0.4, -0.2) is 11.8 Å². The van der Waals surface area contributed by atoms with Crippen molar-refractivity contribution in [2.24, 2.45) is 5.41 Å². The highest BCUT2D eigenvalue weighted by atomic mass is 16.5. The lowest BCUT2D eigenvalue weighted by molar-refractivity contribution is -0.133. The Balaban J connectivity index is 1.98. The Morgan fingerprint density at radius 1 is 1.21 bits per heavy atom. The molecule has 0 saturated heterocycles. The Bertz CT molecular complexity index is 512. The van der Waals surface area contributed by atoms with Crippen LogP contribution in [0.2, 0.25) is 0 Å². The molecule has 3 nitrogen and oxygen atoms in total. The second-order valence-corrected chi connectivity index (χ2v) is 5.75. The predicted molar refractivity (Wildman–Crippen MR) is 72.8 cm³/mol. The fourth-order valence-electron chi connectivity index (χ4n) is 2.43. The first-order chi connectivity index (χ1) is 8.94. The Labute approximate surface area is 113 Å². The van der Waals surface area contributed by atoms with Crippen molar-refractivity contribution in [1.29, 1.82) is 0 Å². The summed E-state index contributed by atoms with van der Waals surface area (Å²) in [5, 5.41) is 0.